The van der Waals surface area contributed by atoms with Crippen LogP contribution in [0.1, 0.15) is 37.7 Å². The van der Waals surface area contributed by atoms with Crippen molar-refractivity contribution < 1.29 is 22.7 Å². The molecule has 0 bridgehead atoms. The third kappa shape index (κ3) is 3.98. The minimum Gasteiger partial charge on any atom is -0.444 e. The molecule has 2 aromatic heterocycles. The predicted octanol–water partition coefficient (Wildman–Crippen LogP) is 4.52. The van der Waals surface area contributed by atoms with Gasteiger partial charge in [-0.15, -0.1) is 0 Å². The summed E-state index contributed by atoms with van der Waals surface area (Å²) in [5.41, 5.74) is -0.811. The average molecular weight is 385 g/mol. The third-order valence-corrected chi connectivity index (χ3v) is 4.45. The monoisotopic (exact) mass is 385 g/mol. The molecule has 2 aromatic rings. The lowest BCUT2D eigenvalue weighted by atomic mass is 10.0. The fraction of sp³-hybridized carbons (Fsp3) is 0.471. The number of fused-ring (bicyclic) bond motifs is 1. The van der Waals surface area contributed by atoms with E-state index in [2.05, 4.69) is 9.97 Å². The summed E-state index contributed by atoms with van der Waals surface area (Å²) < 4.78 is 45.8. The van der Waals surface area contributed by atoms with E-state index in [0.29, 0.717) is 5.56 Å². The molecule has 0 fully saturated rings. The van der Waals surface area contributed by atoms with Crippen molar-refractivity contribution in [3.63, 3.8) is 0 Å². The van der Waals surface area contributed by atoms with Gasteiger partial charge in [-0.25, -0.2) is 14.8 Å². The Morgan fingerprint density at radius 3 is 2.58 bits per heavy atom. The number of thiophene rings is 1. The van der Waals surface area contributed by atoms with Gasteiger partial charge in [0.25, 0.3) is 0 Å². The van der Waals surface area contributed by atoms with Crippen molar-refractivity contribution in [3.8, 4) is 11.4 Å². The second-order valence-corrected chi connectivity index (χ2v) is 7.76. The number of ether oxygens (including phenoxy) is 1. The smallest absolute Gasteiger partial charge is 0.433 e. The molecule has 0 saturated carbocycles. The van der Waals surface area contributed by atoms with E-state index in [1.54, 1.807) is 37.6 Å². The molecule has 0 aliphatic carbocycles. The molecule has 9 heteroatoms. The minimum absolute atomic E-state index is 0.0170. The molecule has 0 spiro atoms. The Hall–Kier alpha value is -2.16. The van der Waals surface area contributed by atoms with Crippen LogP contribution in [-0.4, -0.2) is 33.1 Å². The van der Waals surface area contributed by atoms with Crippen molar-refractivity contribution in [2.75, 3.05) is 6.54 Å². The maximum absolute atomic E-state index is 13.5. The van der Waals surface area contributed by atoms with E-state index in [9.17, 15) is 18.0 Å². The zero-order chi connectivity index (χ0) is 19.1. The van der Waals surface area contributed by atoms with E-state index in [1.165, 1.54) is 16.2 Å². The van der Waals surface area contributed by atoms with Gasteiger partial charge in [0.15, 0.2) is 11.5 Å². The number of aromatic nitrogens is 2. The van der Waals surface area contributed by atoms with Gasteiger partial charge in [0.1, 0.15) is 5.60 Å². The Morgan fingerprint density at radius 1 is 1.27 bits per heavy atom. The number of rotatable bonds is 1. The molecular weight excluding hydrogens is 367 g/mol. The first-order valence-corrected chi connectivity index (χ1v) is 8.96. The molecule has 1 amide bonds. The van der Waals surface area contributed by atoms with Crippen molar-refractivity contribution >= 4 is 17.4 Å². The molecule has 26 heavy (non-hydrogen) atoms. The molecule has 1 aliphatic heterocycles. The molecule has 0 atom stereocenters. The molecular formula is C17H18F3N3O2S. The number of carbonyl (C=O) groups is 1. The van der Waals surface area contributed by atoms with E-state index < -0.39 is 23.6 Å². The van der Waals surface area contributed by atoms with Gasteiger partial charge in [0.05, 0.1) is 12.2 Å². The lowest BCUT2D eigenvalue weighted by molar-refractivity contribution is -0.142. The van der Waals surface area contributed by atoms with Crippen LogP contribution in [0, 0.1) is 0 Å². The van der Waals surface area contributed by atoms with Crippen LogP contribution >= 0.6 is 11.3 Å². The number of nitrogens with zero attached hydrogens (tertiary/aromatic N) is 3. The maximum Gasteiger partial charge on any atom is 0.433 e. The van der Waals surface area contributed by atoms with Gasteiger partial charge in [0.2, 0.25) is 0 Å². The molecule has 1 aliphatic rings. The Bertz CT molecular complexity index is 814. The third-order valence-electron chi connectivity index (χ3n) is 3.76. The Morgan fingerprint density at radius 2 is 2.00 bits per heavy atom. The van der Waals surface area contributed by atoms with Gasteiger partial charge in [-0.2, -0.15) is 24.5 Å². The fourth-order valence-electron chi connectivity index (χ4n) is 2.67. The highest BCUT2D eigenvalue weighted by Gasteiger charge is 2.39. The molecule has 140 valence electrons. The van der Waals surface area contributed by atoms with Crippen LogP contribution in [0.3, 0.4) is 0 Å². The van der Waals surface area contributed by atoms with Gasteiger partial charge in [-0.1, -0.05) is 0 Å². The molecule has 0 N–H and O–H groups in total. The van der Waals surface area contributed by atoms with Crippen molar-refractivity contribution in [3.05, 3.63) is 33.8 Å². The summed E-state index contributed by atoms with van der Waals surface area (Å²) in [5, 5.41) is 3.44. The number of hydrogen-bond acceptors (Lipinski definition) is 5. The van der Waals surface area contributed by atoms with Crippen molar-refractivity contribution in [1.82, 2.24) is 14.9 Å². The van der Waals surface area contributed by atoms with E-state index in [4.69, 9.17) is 4.74 Å². The SMILES string of the molecule is CC(C)(C)OC(=O)N1CCc2c(nc(-c3ccsc3)nc2C(F)(F)F)C1. The van der Waals surface area contributed by atoms with Gasteiger partial charge < -0.3 is 9.64 Å². The zero-order valence-electron chi connectivity index (χ0n) is 14.6. The molecule has 0 radical (unpaired) electrons. The molecule has 0 aromatic carbocycles. The maximum atomic E-state index is 13.5. The van der Waals surface area contributed by atoms with Crippen LogP contribution in [-0.2, 0) is 23.9 Å². The number of hydrogen-bond donors (Lipinski definition) is 0. The predicted molar refractivity (Wildman–Crippen MR) is 90.7 cm³/mol. The van der Waals surface area contributed by atoms with Crippen LogP contribution in [0.2, 0.25) is 0 Å². The Labute approximate surface area is 152 Å². The molecule has 5 nitrogen and oxygen atoms in total. The van der Waals surface area contributed by atoms with E-state index in [-0.39, 0.29) is 36.6 Å². The topological polar surface area (TPSA) is 55.3 Å². The first kappa shape index (κ1) is 18.6. The first-order valence-electron chi connectivity index (χ1n) is 8.02. The van der Waals surface area contributed by atoms with Gasteiger partial charge >= 0.3 is 12.3 Å². The van der Waals surface area contributed by atoms with E-state index in [0.717, 1.165) is 0 Å². The summed E-state index contributed by atoms with van der Waals surface area (Å²) in [6.45, 7) is 5.31. The largest absolute Gasteiger partial charge is 0.444 e. The normalized spacial score (nSPS) is 14.9. The van der Waals surface area contributed by atoms with Crippen LogP contribution in [0.15, 0.2) is 16.8 Å². The summed E-state index contributed by atoms with van der Waals surface area (Å²) in [5.74, 6) is 0.0170. The zero-order valence-corrected chi connectivity index (χ0v) is 15.4. The second kappa shape index (κ2) is 6.53. The second-order valence-electron chi connectivity index (χ2n) is 6.98. The molecule has 3 rings (SSSR count). The fourth-order valence-corrected chi connectivity index (χ4v) is 3.30. The Balaban J connectivity index is 1.98. The molecule has 0 unspecified atom stereocenters. The van der Waals surface area contributed by atoms with Crippen LogP contribution in [0.4, 0.5) is 18.0 Å². The molecule has 3 heterocycles. The standard InChI is InChI=1S/C17H18F3N3O2S/c1-16(2,3)25-15(24)23-6-4-11-12(8-23)21-14(10-5-7-26-9-10)22-13(11)17(18,19)20/h5,7,9H,4,6,8H2,1-3H3. The van der Waals surface area contributed by atoms with Crippen molar-refractivity contribution in [2.45, 2.75) is 45.5 Å². The quantitative estimate of drug-likeness (QED) is 0.724. The summed E-state index contributed by atoms with van der Waals surface area (Å²) in [4.78, 5) is 21.7. The summed E-state index contributed by atoms with van der Waals surface area (Å²) >= 11 is 1.35. The minimum atomic E-state index is -4.58. The number of alkyl halides is 3. The lowest BCUT2D eigenvalue weighted by Gasteiger charge is -2.31. The summed E-state index contributed by atoms with van der Waals surface area (Å²) in [6.07, 6.45) is -5.11. The highest BCUT2D eigenvalue weighted by molar-refractivity contribution is 7.08. The van der Waals surface area contributed by atoms with Crippen LogP contribution in [0.5, 0.6) is 0 Å². The van der Waals surface area contributed by atoms with E-state index in [1.807, 2.05) is 0 Å². The summed E-state index contributed by atoms with van der Waals surface area (Å²) in [6, 6.07) is 1.67. The Kier molecular flexibility index (Phi) is 4.68. The van der Waals surface area contributed by atoms with Crippen LogP contribution < -0.4 is 0 Å². The van der Waals surface area contributed by atoms with Gasteiger partial charge in [0, 0.05) is 23.1 Å². The summed E-state index contributed by atoms with van der Waals surface area (Å²) in [7, 11) is 0. The van der Waals surface area contributed by atoms with Crippen molar-refractivity contribution in [1.29, 1.82) is 0 Å². The van der Waals surface area contributed by atoms with Crippen molar-refractivity contribution in [2.24, 2.45) is 0 Å². The number of carbonyl (C=O) groups excluding carboxylic acids is 1. The number of halogens is 3. The highest BCUT2D eigenvalue weighted by Crippen LogP contribution is 2.35. The lowest BCUT2D eigenvalue weighted by Crippen LogP contribution is -2.41. The van der Waals surface area contributed by atoms with Crippen LogP contribution in [0.25, 0.3) is 11.4 Å². The first-order chi connectivity index (χ1) is 12.0. The van der Waals surface area contributed by atoms with Gasteiger partial charge in [-0.3, -0.25) is 0 Å². The molecule has 0 saturated heterocycles. The van der Waals surface area contributed by atoms with E-state index >= 15 is 0 Å². The number of amides is 1. The average Bonchev–Trinajstić information content (AvgIpc) is 3.05. The highest BCUT2D eigenvalue weighted by atomic mass is 32.1. The van der Waals surface area contributed by atoms with Gasteiger partial charge in [-0.05, 0) is 38.6 Å².